The Kier molecular flexibility index (Phi) is 3.58. The molecule has 3 aromatic carbocycles. The molecule has 0 unspecified atom stereocenters. The van der Waals surface area contributed by atoms with Crippen molar-refractivity contribution in [2.75, 3.05) is 0 Å². The minimum atomic E-state index is 1.02. The van der Waals surface area contributed by atoms with Gasteiger partial charge in [0.25, 0.3) is 6.33 Å². The first-order valence-electron chi connectivity index (χ1n) is 8.14. The lowest BCUT2D eigenvalue weighted by Gasteiger charge is -2.14. The van der Waals surface area contributed by atoms with Gasteiger partial charge in [-0.15, -0.1) is 0 Å². The van der Waals surface area contributed by atoms with Gasteiger partial charge in [0.2, 0.25) is 0 Å². The second-order valence-electron chi connectivity index (χ2n) is 6.08. The fourth-order valence-corrected chi connectivity index (χ4v) is 3.33. The highest BCUT2D eigenvalue weighted by Crippen LogP contribution is 2.35. The van der Waals surface area contributed by atoms with Crippen molar-refractivity contribution >= 4 is 10.9 Å². The molecular weight excluding hydrogens is 292 g/mol. The summed E-state index contributed by atoms with van der Waals surface area (Å²) in [4.78, 5) is 4.56. The van der Waals surface area contributed by atoms with Crippen molar-refractivity contribution in [2.24, 2.45) is 7.05 Å². The highest BCUT2D eigenvalue weighted by atomic mass is 15.0. The third kappa shape index (κ3) is 2.37. The highest BCUT2D eigenvalue weighted by molar-refractivity contribution is 5.96. The van der Waals surface area contributed by atoms with Crippen molar-refractivity contribution in [1.29, 1.82) is 0 Å². The molecular formula is C22H19N2+. The third-order valence-electron chi connectivity index (χ3n) is 4.48. The summed E-state index contributed by atoms with van der Waals surface area (Å²) in [6.07, 6.45) is 1.90. The van der Waals surface area contributed by atoms with E-state index in [9.17, 15) is 0 Å². The molecule has 0 saturated carbocycles. The first kappa shape index (κ1) is 14.6. The van der Waals surface area contributed by atoms with E-state index >= 15 is 0 Å². The van der Waals surface area contributed by atoms with E-state index < -0.39 is 0 Å². The summed E-state index contributed by atoms with van der Waals surface area (Å²) in [5, 5.41) is 1.17. The Morgan fingerprint density at radius 1 is 0.792 bits per heavy atom. The van der Waals surface area contributed by atoms with Crippen LogP contribution < -0.4 is 4.57 Å². The molecule has 116 valence electrons. The Hall–Kier alpha value is -3.00. The fourth-order valence-electron chi connectivity index (χ4n) is 3.33. The smallest absolute Gasteiger partial charge is 0.232 e. The Morgan fingerprint density at radius 3 is 2.38 bits per heavy atom. The molecule has 0 spiro atoms. The molecule has 0 aliphatic rings. The van der Waals surface area contributed by atoms with E-state index in [1.54, 1.807) is 0 Å². The normalized spacial score (nSPS) is 10.9. The molecule has 0 atom stereocenters. The second kappa shape index (κ2) is 5.89. The number of benzene rings is 3. The molecule has 1 aromatic heterocycles. The van der Waals surface area contributed by atoms with Gasteiger partial charge in [-0.25, -0.2) is 4.57 Å². The van der Waals surface area contributed by atoms with Crippen molar-refractivity contribution in [3.8, 4) is 22.4 Å². The second-order valence-corrected chi connectivity index (χ2v) is 6.08. The lowest BCUT2D eigenvalue weighted by molar-refractivity contribution is -0.662. The van der Waals surface area contributed by atoms with Crippen LogP contribution in [0, 0.1) is 6.92 Å². The molecule has 2 heteroatoms. The third-order valence-corrected chi connectivity index (χ3v) is 4.48. The molecule has 0 bridgehead atoms. The summed E-state index contributed by atoms with van der Waals surface area (Å²) in [6, 6.07) is 25.4. The number of nitrogens with zero attached hydrogens (tertiary/aromatic N) is 2. The summed E-state index contributed by atoms with van der Waals surface area (Å²) >= 11 is 0. The van der Waals surface area contributed by atoms with E-state index in [1.165, 1.54) is 33.3 Å². The van der Waals surface area contributed by atoms with E-state index in [0.29, 0.717) is 0 Å². The molecule has 4 rings (SSSR count). The Morgan fingerprint density at radius 2 is 1.54 bits per heavy atom. The predicted octanol–water partition coefficient (Wildman–Crippen LogP) is 4.70. The predicted molar refractivity (Wildman–Crippen MR) is 98.5 cm³/mol. The Labute approximate surface area is 142 Å². The molecule has 0 aliphatic heterocycles. The number of rotatable bonds is 2. The zero-order valence-corrected chi connectivity index (χ0v) is 13.9. The summed E-state index contributed by atoms with van der Waals surface area (Å²) in [7, 11) is 2.07. The average molecular weight is 311 g/mol. The van der Waals surface area contributed by atoms with Gasteiger partial charge < -0.3 is 0 Å². The van der Waals surface area contributed by atoms with Crippen molar-refractivity contribution < 1.29 is 4.57 Å². The lowest BCUT2D eigenvalue weighted by Crippen LogP contribution is -2.32. The minimum Gasteiger partial charge on any atom is -0.232 e. The number of hydrogen-bond acceptors (Lipinski definition) is 1. The van der Waals surface area contributed by atoms with Crippen LogP contribution >= 0.6 is 0 Å². The van der Waals surface area contributed by atoms with E-state index in [1.807, 2.05) is 12.4 Å². The largest absolute Gasteiger partial charge is 0.287 e. The average Bonchev–Trinajstić information content (AvgIpc) is 2.63. The highest BCUT2D eigenvalue weighted by Gasteiger charge is 2.19. The number of hydrogen-bond donors (Lipinski definition) is 0. The summed E-state index contributed by atoms with van der Waals surface area (Å²) < 4.78 is 2.12. The molecule has 4 aromatic rings. The van der Waals surface area contributed by atoms with Crippen LogP contribution in [0.4, 0.5) is 0 Å². The van der Waals surface area contributed by atoms with Gasteiger partial charge in [0.15, 0.2) is 5.52 Å². The van der Waals surface area contributed by atoms with Crippen molar-refractivity contribution in [2.45, 2.75) is 6.92 Å². The van der Waals surface area contributed by atoms with Gasteiger partial charge >= 0.3 is 0 Å². The van der Waals surface area contributed by atoms with E-state index in [0.717, 1.165) is 5.52 Å². The van der Waals surface area contributed by atoms with Crippen LogP contribution in [0.1, 0.15) is 5.56 Å². The summed E-state index contributed by atoms with van der Waals surface area (Å²) in [5.41, 5.74) is 7.25. The maximum absolute atomic E-state index is 4.56. The van der Waals surface area contributed by atoms with Gasteiger partial charge in [-0.3, -0.25) is 0 Å². The van der Waals surface area contributed by atoms with Gasteiger partial charge in [0, 0.05) is 5.56 Å². The molecule has 0 fully saturated rings. The summed E-state index contributed by atoms with van der Waals surface area (Å²) in [6.45, 7) is 2.18. The molecule has 0 saturated heterocycles. The number of fused-ring (bicyclic) bond motifs is 1. The minimum absolute atomic E-state index is 1.02. The van der Waals surface area contributed by atoms with E-state index in [-0.39, 0.29) is 0 Å². The van der Waals surface area contributed by atoms with Gasteiger partial charge in [-0.05, 0) is 40.7 Å². The standard InChI is InChI=1S/C22H19N2/c1-16-9-8-13-18(17-10-4-3-5-11-17)21(16)22-19-12-6-7-14-20(19)23-15-24(22)2/h3-15H,1-2H3/q+1. The molecule has 24 heavy (non-hydrogen) atoms. The summed E-state index contributed by atoms with van der Waals surface area (Å²) in [5.74, 6) is 0. The van der Waals surface area contributed by atoms with Gasteiger partial charge in [-0.1, -0.05) is 60.7 Å². The number of aryl methyl sites for hydroxylation is 2. The zero-order valence-electron chi connectivity index (χ0n) is 13.9. The number of aromatic nitrogens is 2. The van der Waals surface area contributed by atoms with E-state index in [2.05, 4.69) is 90.3 Å². The molecule has 0 amide bonds. The molecule has 2 nitrogen and oxygen atoms in total. The zero-order chi connectivity index (χ0) is 16.5. The van der Waals surface area contributed by atoms with Crippen LogP contribution in [0.2, 0.25) is 0 Å². The molecule has 0 aliphatic carbocycles. The van der Waals surface area contributed by atoms with Crippen LogP contribution in [0.15, 0.2) is 79.1 Å². The molecule has 0 N–H and O–H groups in total. The van der Waals surface area contributed by atoms with Gasteiger partial charge in [0.05, 0.1) is 12.4 Å². The van der Waals surface area contributed by atoms with Crippen LogP contribution in [0.25, 0.3) is 33.3 Å². The first-order valence-corrected chi connectivity index (χ1v) is 8.14. The van der Waals surface area contributed by atoms with Crippen LogP contribution in [0.5, 0.6) is 0 Å². The molecule has 0 radical (unpaired) electrons. The fraction of sp³-hybridized carbons (Fsp3) is 0.0909. The molecule has 1 heterocycles. The van der Waals surface area contributed by atoms with Crippen molar-refractivity contribution in [3.63, 3.8) is 0 Å². The van der Waals surface area contributed by atoms with Crippen molar-refractivity contribution in [3.05, 3.63) is 84.7 Å². The van der Waals surface area contributed by atoms with Gasteiger partial charge in [-0.2, -0.15) is 0 Å². The Bertz CT molecular complexity index is 1020. The topological polar surface area (TPSA) is 16.8 Å². The van der Waals surface area contributed by atoms with Gasteiger partial charge in [0.1, 0.15) is 5.69 Å². The first-order chi connectivity index (χ1) is 11.8. The monoisotopic (exact) mass is 311 g/mol. The van der Waals surface area contributed by atoms with E-state index in [4.69, 9.17) is 0 Å². The van der Waals surface area contributed by atoms with Crippen LogP contribution in [-0.4, -0.2) is 4.98 Å². The lowest BCUT2D eigenvalue weighted by atomic mass is 9.92. The maximum atomic E-state index is 4.56. The van der Waals surface area contributed by atoms with Crippen LogP contribution in [-0.2, 0) is 7.05 Å². The van der Waals surface area contributed by atoms with Crippen LogP contribution in [0.3, 0.4) is 0 Å². The maximum Gasteiger partial charge on any atom is 0.287 e. The van der Waals surface area contributed by atoms with Crippen molar-refractivity contribution in [1.82, 2.24) is 4.98 Å². The SMILES string of the molecule is Cc1cccc(-c2ccccc2)c1-c1c2ccccc2nc[n+]1C. The number of para-hydroxylation sites is 1. The Balaban J connectivity index is 2.11. The quantitative estimate of drug-likeness (QED) is 0.490.